The van der Waals surface area contributed by atoms with E-state index >= 15 is 0 Å². The normalized spacial score (nSPS) is 10.4. The van der Waals surface area contributed by atoms with Crippen molar-refractivity contribution in [3.63, 3.8) is 0 Å². The van der Waals surface area contributed by atoms with Gasteiger partial charge in [-0.1, -0.05) is 53.5 Å². The molecule has 4 nitrogen and oxygen atoms in total. The van der Waals surface area contributed by atoms with Gasteiger partial charge >= 0.3 is 0 Å². The minimum absolute atomic E-state index is 0.161. The number of hydrogen-bond donors (Lipinski definition) is 2. The predicted molar refractivity (Wildman–Crippen MR) is 106 cm³/mol. The smallest absolute Gasteiger partial charge is 0.252 e. The molecule has 3 aromatic rings. The van der Waals surface area contributed by atoms with Crippen molar-refractivity contribution in [1.82, 2.24) is 10.3 Å². The molecule has 1 aromatic heterocycles. The SMILES string of the molecule is O=C(NCCc1ccccc1)c1cncc(Nc2ccc(Cl)c(Cl)c2)c1. The van der Waals surface area contributed by atoms with Crippen LogP contribution < -0.4 is 10.6 Å². The fourth-order valence-electron chi connectivity index (χ4n) is 2.44. The number of nitrogens with one attached hydrogen (secondary N) is 2. The summed E-state index contributed by atoms with van der Waals surface area (Å²) in [7, 11) is 0. The van der Waals surface area contributed by atoms with Gasteiger partial charge in [0.15, 0.2) is 0 Å². The van der Waals surface area contributed by atoms with Crippen LogP contribution in [0.25, 0.3) is 0 Å². The van der Waals surface area contributed by atoms with Crippen molar-refractivity contribution in [2.75, 3.05) is 11.9 Å². The average molecular weight is 386 g/mol. The van der Waals surface area contributed by atoms with Gasteiger partial charge in [0.1, 0.15) is 0 Å². The second-order valence-electron chi connectivity index (χ2n) is 5.71. The third kappa shape index (κ3) is 4.97. The highest BCUT2D eigenvalue weighted by molar-refractivity contribution is 6.42. The summed E-state index contributed by atoms with van der Waals surface area (Å²) in [5, 5.41) is 7.02. The van der Waals surface area contributed by atoms with Gasteiger partial charge in [-0.05, 0) is 36.2 Å². The fourth-order valence-corrected chi connectivity index (χ4v) is 2.74. The lowest BCUT2D eigenvalue weighted by atomic mass is 10.1. The predicted octanol–water partition coefficient (Wildman–Crippen LogP) is 5.10. The van der Waals surface area contributed by atoms with Gasteiger partial charge in [0.25, 0.3) is 5.91 Å². The Morgan fingerprint density at radius 1 is 0.923 bits per heavy atom. The van der Waals surface area contributed by atoms with Crippen LogP contribution in [0.5, 0.6) is 0 Å². The highest BCUT2D eigenvalue weighted by Gasteiger charge is 2.07. The number of benzene rings is 2. The van der Waals surface area contributed by atoms with Crippen LogP contribution in [0.4, 0.5) is 11.4 Å². The van der Waals surface area contributed by atoms with Crippen molar-refractivity contribution in [1.29, 1.82) is 0 Å². The number of pyridine rings is 1. The molecule has 0 aliphatic rings. The molecule has 6 heteroatoms. The maximum atomic E-state index is 12.3. The lowest BCUT2D eigenvalue weighted by Crippen LogP contribution is -2.25. The van der Waals surface area contributed by atoms with Gasteiger partial charge in [0.2, 0.25) is 0 Å². The molecule has 1 amide bonds. The molecule has 2 N–H and O–H groups in total. The summed E-state index contributed by atoms with van der Waals surface area (Å²) >= 11 is 11.9. The van der Waals surface area contributed by atoms with E-state index in [1.807, 2.05) is 30.3 Å². The number of rotatable bonds is 6. The van der Waals surface area contributed by atoms with Crippen molar-refractivity contribution < 1.29 is 4.79 Å². The van der Waals surface area contributed by atoms with Crippen LogP contribution in [-0.2, 0) is 6.42 Å². The molecule has 0 fully saturated rings. The van der Waals surface area contributed by atoms with Gasteiger partial charge in [-0.3, -0.25) is 9.78 Å². The summed E-state index contributed by atoms with van der Waals surface area (Å²) in [4.78, 5) is 16.4. The summed E-state index contributed by atoms with van der Waals surface area (Å²) < 4.78 is 0. The van der Waals surface area contributed by atoms with Crippen molar-refractivity contribution in [3.05, 3.63) is 88.2 Å². The third-order valence-corrected chi connectivity index (χ3v) is 4.49. The highest BCUT2D eigenvalue weighted by atomic mass is 35.5. The molecule has 26 heavy (non-hydrogen) atoms. The number of nitrogens with zero attached hydrogens (tertiary/aromatic N) is 1. The minimum Gasteiger partial charge on any atom is -0.354 e. The zero-order valence-electron chi connectivity index (χ0n) is 13.9. The van der Waals surface area contributed by atoms with Crippen LogP contribution in [0.3, 0.4) is 0 Å². The molecule has 0 aliphatic heterocycles. The summed E-state index contributed by atoms with van der Waals surface area (Å²) in [6.07, 6.45) is 3.96. The van der Waals surface area contributed by atoms with Crippen LogP contribution >= 0.6 is 23.2 Å². The van der Waals surface area contributed by atoms with Crippen molar-refractivity contribution >= 4 is 40.5 Å². The number of amides is 1. The Kier molecular flexibility index (Phi) is 6.10. The highest BCUT2D eigenvalue weighted by Crippen LogP contribution is 2.26. The first-order chi connectivity index (χ1) is 12.6. The Balaban J connectivity index is 1.60. The maximum Gasteiger partial charge on any atom is 0.252 e. The van der Waals surface area contributed by atoms with Crippen LogP contribution in [-0.4, -0.2) is 17.4 Å². The Labute approximate surface area is 162 Å². The maximum absolute atomic E-state index is 12.3. The molecule has 0 spiro atoms. The van der Waals surface area contributed by atoms with E-state index in [0.717, 1.165) is 12.1 Å². The first-order valence-electron chi connectivity index (χ1n) is 8.11. The molecule has 0 saturated carbocycles. The molecule has 2 aromatic carbocycles. The van der Waals surface area contributed by atoms with Crippen molar-refractivity contribution in [2.45, 2.75) is 6.42 Å². The number of carbonyl (C=O) groups excluding carboxylic acids is 1. The topological polar surface area (TPSA) is 54.0 Å². The zero-order chi connectivity index (χ0) is 18.4. The van der Waals surface area contributed by atoms with Gasteiger partial charge in [-0.2, -0.15) is 0 Å². The molecule has 0 radical (unpaired) electrons. The molecule has 0 atom stereocenters. The molecule has 0 aliphatic carbocycles. The fraction of sp³-hybridized carbons (Fsp3) is 0.100. The van der Waals surface area contributed by atoms with E-state index in [1.165, 1.54) is 11.8 Å². The van der Waals surface area contributed by atoms with E-state index in [4.69, 9.17) is 23.2 Å². The molecule has 0 saturated heterocycles. The van der Waals surface area contributed by atoms with Gasteiger partial charge in [0, 0.05) is 18.4 Å². The molecule has 3 rings (SSSR count). The lowest BCUT2D eigenvalue weighted by molar-refractivity contribution is 0.0954. The van der Waals surface area contributed by atoms with Gasteiger partial charge in [0.05, 0.1) is 27.5 Å². The van der Waals surface area contributed by atoms with Gasteiger partial charge in [-0.15, -0.1) is 0 Å². The first kappa shape index (κ1) is 18.2. The van der Waals surface area contributed by atoms with Crippen LogP contribution in [0, 0.1) is 0 Å². The zero-order valence-corrected chi connectivity index (χ0v) is 15.4. The van der Waals surface area contributed by atoms with Crippen LogP contribution in [0.1, 0.15) is 15.9 Å². The summed E-state index contributed by atoms with van der Waals surface area (Å²) in [6, 6.07) is 17.0. The molecule has 132 valence electrons. The second-order valence-corrected chi connectivity index (χ2v) is 6.52. The Morgan fingerprint density at radius 3 is 2.50 bits per heavy atom. The van der Waals surface area contributed by atoms with Crippen molar-refractivity contribution in [2.24, 2.45) is 0 Å². The lowest BCUT2D eigenvalue weighted by Gasteiger charge is -2.09. The van der Waals surface area contributed by atoms with E-state index in [1.54, 1.807) is 30.5 Å². The number of carbonyl (C=O) groups is 1. The Morgan fingerprint density at radius 2 is 1.73 bits per heavy atom. The summed E-state index contributed by atoms with van der Waals surface area (Å²) in [6.45, 7) is 0.563. The van der Waals surface area contributed by atoms with E-state index in [9.17, 15) is 4.79 Å². The largest absolute Gasteiger partial charge is 0.354 e. The number of aromatic nitrogens is 1. The van der Waals surface area contributed by atoms with E-state index < -0.39 is 0 Å². The van der Waals surface area contributed by atoms with Gasteiger partial charge in [-0.25, -0.2) is 0 Å². The molecule has 1 heterocycles. The Bertz CT molecular complexity index is 901. The van der Waals surface area contributed by atoms with E-state index in [-0.39, 0.29) is 5.91 Å². The molecule has 0 unspecified atom stereocenters. The number of halogens is 2. The van der Waals surface area contributed by atoms with E-state index in [0.29, 0.717) is 27.8 Å². The monoisotopic (exact) mass is 385 g/mol. The molecular weight excluding hydrogens is 369 g/mol. The van der Waals surface area contributed by atoms with Crippen LogP contribution in [0.15, 0.2) is 67.0 Å². The minimum atomic E-state index is -0.161. The van der Waals surface area contributed by atoms with Crippen LogP contribution in [0.2, 0.25) is 10.0 Å². The molecule has 0 bridgehead atoms. The number of anilines is 2. The average Bonchev–Trinajstić information content (AvgIpc) is 2.66. The van der Waals surface area contributed by atoms with Crippen molar-refractivity contribution in [3.8, 4) is 0 Å². The standard InChI is InChI=1S/C20H17Cl2N3O/c21-18-7-6-16(11-19(18)22)25-17-10-15(12-23-13-17)20(26)24-9-8-14-4-2-1-3-5-14/h1-7,10-13,25H,8-9H2,(H,24,26). The molecular formula is C20H17Cl2N3O. The Hall–Kier alpha value is -2.56. The quantitative estimate of drug-likeness (QED) is 0.620. The van der Waals surface area contributed by atoms with E-state index in [2.05, 4.69) is 15.6 Å². The second kappa shape index (κ2) is 8.70. The summed E-state index contributed by atoms with van der Waals surface area (Å²) in [5.41, 5.74) is 3.13. The first-order valence-corrected chi connectivity index (χ1v) is 8.86. The summed E-state index contributed by atoms with van der Waals surface area (Å²) in [5.74, 6) is -0.161. The van der Waals surface area contributed by atoms with Gasteiger partial charge < -0.3 is 10.6 Å². The number of hydrogen-bond acceptors (Lipinski definition) is 3. The third-order valence-electron chi connectivity index (χ3n) is 3.75.